The lowest BCUT2D eigenvalue weighted by Gasteiger charge is -2.38. The van der Waals surface area contributed by atoms with Crippen LogP contribution in [0.1, 0.15) is 89.5 Å². The van der Waals surface area contributed by atoms with Crippen molar-refractivity contribution >= 4 is 0 Å². The van der Waals surface area contributed by atoms with Crippen molar-refractivity contribution in [2.45, 2.75) is 84.0 Å². The van der Waals surface area contributed by atoms with E-state index in [2.05, 4.69) is 19.1 Å². The van der Waals surface area contributed by atoms with Crippen molar-refractivity contribution in [2.75, 3.05) is 6.61 Å². The lowest BCUT2D eigenvalue weighted by molar-refractivity contribution is 0.156. The van der Waals surface area contributed by atoms with Crippen molar-refractivity contribution in [3.05, 3.63) is 65.2 Å². The van der Waals surface area contributed by atoms with Gasteiger partial charge in [0, 0.05) is 11.1 Å². The Hall–Kier alpha value is -2.30. The van der Waals surface area contributed by atoms with Gasteiger partial charge in [-0.2, -0.15) is 4.39 Å². The summed E-state index contributed by atoms with van der Waals surface area (Å²) in [4.78, 5) is 0. The third-order valence-electron chi connectivity index (χ3n) is 8.50. The lowest BCUT2D eigenvalue weighted by atomic mass is 9.68. The van der Waals surface area contributed by atoms with Crippen LogP contribution >= 0.6 is 0 Å². The number of rotatable bonds is 8. The Balaban J connectivity index is 1.39. The van der Waals surface area contributed by atoms with E-state index in [9.17, 15) is 8.78 Å². The first-order chi connectivity index (χ1) is 17.4. The third kappa shape index (κ3) is 5.81. The number of hydrogen-bond donors (Lipinski definition) is 0. The van der Waals surface area contributed by atoms with E-state index in [1.54, 1.807) is 13.0 Å². The molecule has 0 atom stereocenters. The van der Waals surface area contributed by atoms with E-state index < -0.39 is 23.3 Å². The molecule has 2 aliphatic rings. The normalized spacial score (nSPS) is 24.8. The maximum absolute atomic E-state index is 15.2. The number of ether oxygens (including phenoxy) is 1. The van der Waals surface area contributed by atoms with Gasteiger partial charge < -0.3 is 4.74 Å². The van der Waals surface area contributed by atoms with Crippen LogP contribution in [0.15, 0.2) is 36.4 Å². The minimum atomic E-state index is -1.23. The predicted octanol–water partition coefficient (Wildman–Crippen LogP) is 9.75. The fraction of sp³-hybridized carbons (Fsp3) is 0.548. The largest absolute Gasteiger partial charge is 0.491 e. The molecule has 2 saturated carbocycles. The molecular weight excluding hydrogens is 464 g/mol. The van der Waals surface area contributed by atoms with Gasteiger partial charge in [0.25, 0.3) is 0 Å². The van der Waals surface area contributed by atoms with Gasteiger partial charge in [-0.15, -0.1) is 0 Å². The van der Waals surface area contributed by atoms with E-state index in [1.807, 2.05) is 0 Å². The van der Waals surface area contributed by atoms with Gasteiger partial charge in [-0.1, -0.05) is 37.1 Å². The molecule has 1 nitrogen and oxygen atoms in total. The SMILES string of the molecule is CC=CCCC1CCC(C2CCC(c3ccc(-c4ccc(OCC)c(F)c4F)c(F)c3F)CC2)CC1. The monoisotopic (exact) mass is 502 g/mol. The molecule has 0 heterocycles. The zero-order chi connectivity index (χ0) is 25.7. The fourth-order valence-electron chi connectivity index (χ4n) is 6.44. The van der Waals surface area contributed by atoms with Crippen LogP contribution in [-0.4, -0.2) is 6.61 Å². The lowest BCUT2D eigenvalue weighted by Crippen LogP contribution is -2.25. The van der Waals surface area contributed by atoms with E-state index in [-0.39, 0.29) is 29.4 Å². The average Bonchev–Trinajstić information content (AvgIpc) is 2.90. The second-order valence-corrected chi connectivity index (χ2v) is 10.5. The number of halogens is 4. The van der Waals surface area contributed by atoms with Crippen molar-refractivity contribution in [1.82, 2.24) is 0 Å². The van der Waals surface area contributed by atoms with Gasteiger partial charge in [-0.3, -0.25) is 0 Å². The van der Waals surface area contributed by atoms with Crippen LogP contribution in [0.5, 0.6) is 5.75 Å². The van der Waals surface area contributed by atoms with E-state index in [0.29, 0.717) is 11.5 Å². The van der Waals surface area contributed by atoms with Crippen LogP contribution in [0, 0.1) is 41.0 Å². The summed E-state index contributed by atoms with van der Waals surface area (Å²) in [6.45, 7) is 3.91. The molecule has 0 saturated heterocycles. The van der Waals surface area contributed by atoms with Gasteiger partial charge in [0.15, 0.2) is 23.2 Å². The summed E-state index contributed by atoms with van der Waals surface area (Å²) in [6, 6.07) is 5.43. The molecule has 2 aromatic carbocycles. The molecule has 196 valence electrons. The van der Waals surface area contributed by atoms with Gasteiger partial charge in [-0.05, 0) is 107 Å². The molecule has 5 heteroatoms. The van der Waals surface area contributed by atoms with Crippen LogP contribution < -0.4 is 4.74 Å². The van der Waals surface area contributed by atoms with Gasteiger partial charge >= 0.3 is 0 Å². The molecule has 2 aromatic rings. The quantitative estimate of drug-likeness (QED) is 0.258. The van der Waals surface area contributed by atoms with Gasteiger partial charge in [0.2, 0.25) is 5.82 Å². The Labute approximate surface area is 212 Å². The molecule has 0 radical (unpaired) electrons. The van der Waals surface area contributed by atoms with Gasteiger partial charge in [0.1, 0.15) is 0 Å². The summed E-state index contributed by atoms with van der Waals surface area (Å²) >= 11 is 0. The van der Waals surface area contributed by atoms with Gasteiger partial charge in [0.05, 0.1) is 6.61 Å². The summed E-state index contributed by atoms with van der Waals surface area (Å²) in [5, 5.41) is 0. The summed E-state index contributed by atoms with van der Waals surface area (Å²) in [6.07, 6.45) is 15.8. The second-order valence-electron chi connectivity index (χ2n) is 10.5. The molecule has 0 aromatic heterocycles. The number of hydrogen-bond acceptors (Lipinski definition) is 1. The van der Waals surface area contributed by atoms with Crippen LogP contribution in [0.2, 0.25) is 0 Å². The van der Waals surface area contributed by atoms with Crippen molar-refractivity contribution in [2.24, 2.45) is 17.8 Å². The average molecular weight is 503 g/mol. The number of allylic oxidation sites excluding steroid dienone is 2. The molecule has 4 rings (SSSR count). The Morgan fingerprint density at radius 3 is 1.94 bits per heavy atom. The highest BCUT2D eigenvalue weighted by Gasteiger charge is 2.33. The van der Waals surface area contributed by atoms with E-state index in [0.717, 1.165) is 37.5 Å². The summed E-state index contributed by atoms with van der Waals surface area (Å²) in [5.74, 6) is -2.49. The maximum atomic E-state index is 15.2. The zero-order valence-corrected chi connectivity index (χ0v) is 21.5. The fourth-order valence-corrected chi connectivity index (χ4v) is 6.44. The van der Waals surface area contributed by atoms with Crippen LogP contribution in [0.25, 0.3) is 11.1 Å². The maximum Gasteiger partial charge on any atom is 0.201 e. The molecule has 0 bridgehead atoms. The number of benzene rings is 2. The highest BCUT2D eigenvalue weighted by atomic mass is 19.2. The predicted molar refractivity (Wildman–Crippen MR) is 137 cm³/mol. The van der Waals surface area contributed by atoms with Crippen LogP contribution in [0.4, 0.5) is 17.6 Å². The Bertz CT molecular complexity index is 1050. The first-order valence-corrected chi connectivity index (χ1v) is 13.6. The molecule has 0 aliphatic heterocycles. The topological polar surface area (TPSA) is 9.23 Å². The van der Waals surface area contributed by atoms with Crippen molar-refractivity contribution < 1.29 is 22.3 Å². The van der Waals surface area contributed by atoms with E-state index in [1.165, 1.54) is 56.7 Å². The first kappa shape index (κ1) is 26.8. The van der Waals surface area contributed by atoms with Crippen LogP contribution in [-0.2, 0) is 0 Å². The Morgan fingerprint density at radius 1 is 0.750 bits per heavy atom. The minimum absolute atomic E-state index is 0.0381. The van der Waals surface area contributed by atoms with E-state index in [4.69, 9.17) is 4.74 Å². The molecule has 0 amide bonds. The summed E-state index contributed by atoms with van der Waals surface area (Å²) in [7, 11) is 0. The molecule has 2 fully saturated rings. The molecule has 0 N–H and O–H groups in total. The van der Waals surface area contributed by atoms with Gasteiger partial charge in [-0.25, -0.2) is 13.2 Å². The smallest absolute Gasteiger partial charge is 0.201 e. The molecule has 36 heavy (non-hydrogen) atoms. The van der Waals surface area contributed by atoms with Crippen LogP contribution in [0.3, 0.4) is 0 Å². The molecule has 2 aliphatic carbocycles. The molecular formula is C31H38F4O. The highest BCUT2D eigenvalue weighted by Crippen LogP contribution is 2.45. The first-order valence-electron chi connectivity index (χ1n) is 13.6. The molecule has 0 unspecified atom stereocenters. The second kappa shape index (κ2) is 12.3. The standard InChI is InChI=1S/C31H38F4O/c1-3-5-6-7-20-8-10-21(11-9-20)22-12-14-23(15-13-22)24-16-17-25(29(33)28(24)32)26-18-19-27(36-4-2)31(35)30(26)34/h3,5,16-23H,4,6-15H2,1-2H3. The van der Waals surface area contributed by atoms with Crippen molar-refractivity contribution in [3.8, 4) is 16.9 Å². The van der Waals surface area contributed by atoms with Crippen molar-refractivity contribution in [1.29, 1.82) is 0 Å². The Morgan fingerprint density at radius 2 is 1.33 bits per heavy atom. The summed E-state index contributed by atoms with van der Waals surface area (Å²) in [5.41, 5.74) is -0.214. The minimum Gasteiger partial charge on any atom is -0.491 e. The Kier molecular flexibility index (Phi) is 9.14. The molecule has 0 spiro atoms. The van der Waals surface area contributed by atoms with Crippen molar-refractivity contribution in [3.63, 3.8) is 0 Å². The third-order valence-corrected chi connectivity index (χ3v) is 8.50. The highest BCUT2D eigenvalue weighted by molar-refractivity contribution is 5.66. The van der Waals surface area contributed by atoms with E-state index >= 15 is 8.78 Å². The summed E-state index contributed by atoms with van der Waals surface area (Å²) < 4.78 is 64.2. The zero-order valence-electron chi connectivity index (χ0n) is 21.5.